The van der Waals surface area contributed by atoms with Gasteiger partial charge in [-0.15, -0.1) is 0 Å². The molecule has 1 amide bonds. The van der Waals surface area contributed by atoms with E-state index in [1.165, 1.54) is 11.8 Å². The van der Waals surface area contributed by atoms with Gasteiger partial charge in [-0.05, 0) is 31.5 Å². The lowest BCUT2D eigenvalue weighted by Crippen LogP contribution is -2.41. The SMILES string of the molecule is Cc1ccc(N(Cc2ccccc2)C(=O)[C@@H](C)S(C)(=O)=O)cc1. The highest BCUT2D eigenvalue weighted by atomic mass is 32.2. The van der Waals surface area contributed by atoms with Gasteiger partial charge in [0.15, 0.2) is 9.84 Å². The Morgan fingerprint density at radius 1 is 1.04 bits per heavy atom. The predicted octanol–water partition coefficient (Wildman–Crippen LogP) is 2.96. The molecule has 0 N–H and O–H groups in total. The minimum absolute atomic E-state index is 0.336. The van der Waals surface area contributed by atoms with Crippen LogP contribution in [0.3, 0.4) is 0 Å². The summed E-state index contributed by atoms with van der Waals surface area (Å²) in [5.74, 6) is -0.416. The Hall–Kier alpha value is -2.14. The van der Waals surface area contributed by atoms with Gasteiger partial charge in [0.2, 0.25) is 5.91 Å². The Kier molecular flexibility index (Phi) is 5.21. The quantitative estimate of drug-likeness (QED) is 0.846. The van der Waals surface area contributed by atoms with E-state index in [9.17, 15) is 13.2 Å². The van der Waals surface area contributed by atoms with Crippen molar-refractivity contribution in [2.45, 2.75) is 25.6 Å². The standard InChI is InChI=1S/C18H21NO3S/c1-14-9-11-17(12-10-14)19(13-16-7-5-4-6-8-16)18(20)15(2)23(3,21)22/h4-12,15H,13H2,1-3H3/t15-/m1/s1. The number of carbonyl (C=O) groups excluding carboxylic acids is 1. The van der Waals surface area contributed by atoms with Gasteiger partial charge in [0.25, 0.3) is 0 Å². The third-order valence-electron chi connectivity index (χ3n) is 3.79. The van der Waals surface area contributed by atoms with E-state index in [2.05, 4.69) is 0 Å². The number of nitrogens with zero attached hydrogens (tertiary/aromatic N) is 1. The van der Waals surface area contributed by atoms with Crippen molar-refractivity contribution < 1.29 is 13.2 Å². The molecule has 0 fully saturated rings. The molecule has 0 unspecified atom stereocenters. The molecule has 23 heavy (non-hydrogen) atoms. The van der Waals surface area contributed by atoms with Crippen LogP contribution in [0.1, 0.15) is 18.1 Å². The number of anilines is 1. The molecular weight excluding hydrogens is 310 g/mol. The van der Waals surface area contributed by atoms with Gasteiger partial charge in [-0.1, -0.05) is 48.0 Å². The van der Waals surface area contributed by atoms with Crippen molar-refractivity contribution in [1.82, 2.24) is 0 Å². The molecule has 0 aliphatic carbocycles. The maximum Gasteiger partial charge on any atom is 0.245 e. The highest BCUT2D eigenvalue weighted by molar-refractivity contribution is 7.92. The van der Waals surface area contributed by atoms with Crippen LogP contribution in [0, 0.1) is 6.92 Å². The van der Waals surface area contributed by atoms with E-state index < -0.39 is 21.0 Å². The van der Waals surface area contributed by atoms with Gasteiger partial charge >= 0.3 is 0 Å². The number of aryl methyl sites for hydroxylation is 1. The van der Waals surface area contributed by atoms with Crippen LogP contribution < -0.4 is 4.90 Å². The van der Waals surface area contributed by atoms with Crippen molar-refractivity contribution in [3.05, 3.63) is 65.7 Å². The molecular formula is C18H21NO3S. The monoisotopic (exact) mass is 331 g/mol. The number of hydrogen-bond donors (Lipinski definition) is 0. The van der Waals surface area contributed by atoms with Crippen LogP contribution in [-0.4, -0.2) is 25.8 Å². The van der Waals surface area contributed by atoms with Crippen LogP contribution in [0.5, 0.6) is 0 Å². The highest BCUT2D eigenvalue weighted by Gasteiger charge is 2.29. The number of sulfone groups is 1. The van der Waals surface area contributed by atoms with Gasteiger partial charge in [0.05, 0.1) is 6.54 Å². The normalized spacial score (nSPS) is 12.7. The molecule has 0 saturated heterocycles. The number of amides is 1. The van der Waals surface area contributed by atoms with Crippen molar-refractivity contribution >= 4 is 21.4 Å². The first kappa shape index (κ1) is 17.2. The Morgan fingerprint density at radius 3 is 2.13 bits per heavy atom. The van der Waals surface area contributed by atoms with E-state index in [1.54, 1.807) is 0 Å². The van der Waals surface area contributed by atoms with E-state index >= 15 is 0 Å². The molecule has 122 valence electrons. The van der Waals surface area contributed by atoms with Crippen LogP contribution in [0.4, 0.5) is 5.69 Å². The van der Waals surface area contributed by atoms with Crippen LogP contribution in [0.15, 0.2) is 54.6 Å². The second kappa shape index (κ2) is 6.96. The molecule has 1 atom stereocenters. The van der Waals surface area contributed by atoms with Crippen LogP contribution in [0.25, 0.3) is 0 Å². The third kappa shape index (κ3) is 4.42. The minimum atomic E-state index is -3.45. The molecule has 2 aromatic carbocycles. The lowest BCUT2D eigenvalue weighted by atomic mass is 10.1. The largest absolute Gasteiger partial charge is 0.307 e. The molecule has 2 rings (SSSR count). The number of benzene rings is 2. The summed E-state index contributed by atoms with van der Waals surface area (Å²) in [4.78, 5) is 14.3. The predicted molar refractivity (Wildman–Crippen MR) is 93.1 cm³/mol. The fourth-order valence-corrected chi connectivity index (χ4v) is 2.68. The lowest BCUT2D eigenvalue weighted by Gasteiger charge is -2.25. The van der Waals surface area contributed by atoms with Crippen molar-refractivity contribution in [1.29, 1.82) is 0 Å². The Balaban J connectivity index is 2.38. The van der Waals surface area contributed by atoms with Gasteiger partial charge in [0, 0.05) is 11.9 Å². The maximum atomic E-state index is 12.7. The fourth-order valence-electron chi connectivity index (χ4n) is 2.19. The van der Waals surface area contributed by atoms with Crippen LogP contribution in [-0.2, 0) is 21.2 Å². The van der Waals surface area contributed by atoms with Crippen molar-refractivity contribution in [3.63, 3.8) is 0 Å². The average molecular weight is 331 g/mol. The number of rotatable bonds is 5. The van der Waals surface area contributed by atoms with E-state index in [1.807, 2.05) is 61.5 Å². The first-order chi connectivity index (χ1) is 10.8. The number of hydrogen-bond acceptors (Lipinski definition) is 3. The van der Waals surface area contributed by atoms with Crippen molar-refractivity contribution in [3.8, 4) is 0 Å². The lowest BCUT2D eigenvalue weighted by molar-refractivity contribution is -0.118. The van der Waals surface area contributed by atoms with Gasteiger partial charge in [-0.3, -0.25) is 4.79 Å². The first-order valence-electron chi connectivity index (χ1n) is 7.40. The zero-order valence-corrected chi connectivity index (χ0v) is 14.4. The second-order valence-electron chi connectivity index (χ2n) is 5.72. The fraction of sp³-hybridized carbons (Fsp3) is 0.278. The zero-order chi connectivity index (χ0) is 17.0. The zero-order valence-electron chi connectivity index (χ0n) is 13.6. The van der Waals surface area contributed by atoms with Crippen LogP contribution in [0.2, 0.25) is 0 Å². The van der Waals surface area contributed by atoms with Crippen LogP contribution >= 0.6 is 0 Å². The van der Waals surface area contributed by atoms with E-state index in [-0.39, 0.29) is 0 Å². The molecule has 0 saturated carbocycles. The maximum absolute atomic E-state index is 12.7. The van der Waals surface area contributed by atoms with E-state index in [4.69, 9.17) is 0 Å². The summed E-state index contributed by atoms with van der Waals surface area (Å²) in [5.41, 5.74) is 2.72. The molecule has 2 aromatic rings. The molecule has 5 heteroatoms. The summed E-state index contributed by atoms with van der Waals surface area (Å²) in [5, 5.41) is -1.08. The summed E-state index contributed by atoms with van der Waals surface area (Å²) in [6.07, 6.45) is 1.09. The smallest absolute Gasteiger partial charge is 0.245 e. The Morgan fingerprint density at radius 2 is 1.61 bits per heavy atom. The minimum Gasteiger partial charge on any atom is -0.307 e. The van der Waals surface area contributed by atoms with Gasteiger partial charge in [0.1, 0.15) is 5.25 Å². The van der Waals surface area contributed by atoms with Crippen molar-refractivity contribution in [2.75, 3.05) is 11.2 Å². The second-order valence-corrected chi connectivity index (χ2v) is 8.08. The Bertz CT molecular complexity index is 768. The summed E-state index contributed by atoms with van der Waals surface area (Å²) in [6, 6.07) is 17.0. The van der Waals surface area contributed by atoms with E-state index in [0.717, 1.165) is 17.4 Å². The summed E-state index contributed by atoms with van der Waals surface area (Å²) in [7, 11) is -3.45. The topological polar surface area (TPSA) is 54.5 Å². The summed E-state index contributed by atoms with van der Waals surface area (Å²) < 4.78 is 23.5. The molecule has 0 aliphatic heterocycles. The van der Waals surface area contributed by atoms with Gasteiger partial charge in [-0.25, -0.2) is 8.42 Å². The Labute approximate surface area is 137 Å². The molecule has 0 spiro atoms. The first-order valence-corrected chi connectivity index (χ1v) is 9.35. The summed E-state index contributed by atoms with van der Waals surface area (Å²) in [6.45, 7) is 3.73. The molecule has 0 aliphatic rings. The van der Waals surface area contributed by atoms with E-state index in [0.29, 0.717) is 12.2 Å². The van der Waals surface area contributed by atoms with Crippen molar-refractivity contribution in [2.24, 2.45) is 0 Å². The molecule has 4 nitrogen and oxygen atoms in total. The highest BCUT2D eigenvalue weighted by Crippen LogP contribution is 2.20. The third-order valence-corrected chi connectivity index (χ3v) is 5.27. The average Bonchev–Trinajstić information content (AvgIpc) is 2.52. The molecule has 0 heterocycles. The van der Waals surface area contributed by atoms with Gasteiger partial charge < -0.3 is 4.90 Å². The van der Waals surface area contributed by atoms with Gasteiger partial charge in [-0.2, -0.15) is 0 Å². The molecule has 0 radical (unpaired) electrons. The molecule has 0 bridgehead atoms. The summed E-state index contributed by atoms with van der Waals surface area (Å²) >= 11 is 0. The molecule has 0 aromatic heterocycles. The number of carbonyl (C=O) groups is 1.